The summed E-state index contributed by atoms with van der Waals surface area (Å²) in [6.45, 7) is 9.80. The van der Waals surface area contributed by atoms with Crippen molar-refractivity contribution in [2.45, 2.75) is 53.2 Å². The zero-order valence-electron chi connectivity index (χ0n) is 15.3. The highest BCUT2D eigenvalue weighted by atomic mass is 32.1. The standard InChI is InChI=1S/C18H26N2O4S/c1-6-7-19-18(25)20-15-9-13(16(21)23-11(2)3)8-14(10-15)17(22)24-12(4)5/h8-12H,6-7H2,1-5H3,(H2,19,20,25). The highest BCUT2D eigenvalue weighted by Gasteiger charge is 2.17. The Morgan fingerprint density at radius 1 is 1.00 bits per heavy atom. The summed E-state index contributed by atoms with van der Waals surface area (Å²) in [5, 5.41) is 6.43. The van der Waals surface area contributed by atoms with E-state index in [0.717, 1.165) is 13.0 Å². The third-order valence-electron chi connectivity index (χ3n) is 2.88. The van der Waals surface area contributed by atoms with E-state index in [1.54, 1.807) is 39.8 Å². The quantitative estimate of drug-likeness (QED) is 0.565. The minimum atomic E-state index is -0.510. The Kier molecular flexibility index (Phi) is 8.34. The van der Waals surface area contributed by atoms with E-state index in [-0.39, 0.29) is 23.3 Å². The van der Waals surface area contributed by atoms with Crippen molar-refractivity contribution in [3.63, 3.8) is 0 Å². The maximum absolute atomic E-state index is 12.2. The summed E-state index contributed by atoms with van der Waals surface area (Å²) in [6, 6.07) is 4.65. The molecule has 138 valence electrons. The second-order valence-corrected chi connectivity index (χ2v) is 6.50. The number of carbonyl (C=O) groups is 2. The molecule has 2 N–H and O–H groups in total. The van der Waals surface area contributed by atoms with Crippen molar-refractivity contribution in [2.75, 3.05) is 11.9 Å². The van der Waals surface area contributed by atoms with Crippen molar-refractivity contribution < 1.29 is 19.1 Å². The van der Waals surface area contributed by atoms with Gasteiger partial charge in [0.15, 0.2) is 5.11 Å². The molecule has 0 bridgehead atoms. The van der Waals surface area contributed by atoms with Crippen LogP contribution in [0.2, 0.25) is 0 Å². The van der Waals surface area contributed by atoms with Gasteiger partial charge in [0.25, 0.3) is 0 Å². The average Bonchev–Trinajstić information content (AvgIpc) is 2.51. The number of benzene rings is 1. The minimum Gasteiger partial charge on any atom is -0.459 e. The molecule has 0 aromatic heterocycles. The van der Waals surface area contributed by atoms with Crippen molar-refractivity contribution in [3.05, 3.63) is 29.3 Å². The molecule has 0 aliphatic heterocycles. The fourth-order valence-corrected chi connectivity index (χ4v) is 2.13. The largest absolute Gasteiger partial charge is 0.459 e. The van der Waals surface area contributed by atoms with Crippen LogP contribution in [0.3, 0.4) is 0 Å². The van der Waals surface area contributed by atoms with Gasteiger partial charge in [-0.2, -0.15) is 0 Å². The van der Waals surface area contributed by atoms with Crippen LogP contribution in [0.15, 0.2) is 18.2 Å². The van der Waals surface area contributed by atoms with Crippen LogP contribution in [0.4, 0.5) is 5.69 Å². The van der Waals surface area contributed by atoms with Crippen molar-refractivity contribution in [1.82, 2.24) is 5.32 Å². The van der Waals surface area contributed by atoms with Crippen LogP contribution in [0.1, 0.15) is 61.8 Å². The molecule has 0 fully saturated rings. The first-order valence-corrected chi connectivity index (χ1v) is 8.75. The van der Waals surface area contributed by atoms with Crippen LogP contribution >= 0.6 is 12.2 Å². The van der Waals surface area contributed by atoms with Gasteiger partial charge in [0.1, 0.15) is 0 Å². The fraction of sp³-hybridized carbons (Fsp3) is 0.500. The predicted octanol–water partition coefficient (Wildman–Crippen LogP) is 3.51. The highest BCUT2D eigenvalue weighted by Crippen LogP contribution is 2.18. The molecule has 1 rings (SSSR count). The van der Waals surface area contributed by atoms with Crippen molar-refractivity contribution >= 4 is 35.0 Å². The van der Waals surface area contributed by atoms with Crippen LogP contribution in [-0.2, 0) is 9.47 Å². The normalized spacial score (nSPS) is 10.5. The molecular formula is C18H26N2O4S. The molecule has 0 amide bonds. The van der Waals surface area contributed by atoms with Gasteiger partial charge >= 0.3 is 11.9 Å². The van der Waals surface area contributed by atoms with Gasteiger partial charge in [0.05, 0.1) is 23.3 Å². The number of anilines is 1. The highest BCUT2D eigenvalue weighted by molar-refractivity contribution is 7.80. The molecule has 0 aliphatic carbocycles. The van der Waals surface area contributed by atoms with Crippen LogP contribution < -0.4 is 10.6 Å². The molecule has 0 heterocycles. The van der Waals surface area contributed by atoms with E-state index < -0.39 is 11.9 Å². The summed E-state index contributed by atoms with van der Waals surface area (Å²) in [5.74, 6) is -1.02. The first-order valence-electron chi connectivity index (χ1n) is 8.34. The van der Waals surface area contributed by atoms with Crippen LogP contribution in [0.25, 0.3) is 0 Å². The number of rotatable bonds is 7. The third kappa shape index (κ3) is 7.51. The van der Waals surface area contributed by atoms with E-state index in [1.165, 1.54) is 6.07 Å². The van der Waals surface area contributed by atoms with Gasteiger partial charge in [-0.25, -0.2) is 9.59 Å². The Labute approximate surface area is 154 Å². The molecule has 0 saturated heterocycles. The smallest absolute Gasteiger partial charge is 0.338 e. The van der Waals surface area contributed by atoms with Crippen molar-refractivity contribution in [3.8, 4) is 0 Å². The van der Waals surface area contributed by atoms with Gasteiger partial charge in [-0.05, 0) is 64.5 Å². The number of carbonyl (C=O) groups excluding carboxylic acids is 2. The Hall–Kier alpha value is -2.15. The van der Waals surface area contributed by atoms with Gasteiger partial charge in [-0.15, -0.1) is 0 Å². The predicted molar refractivity (Wildman–Crippen MR) is 102 cm³/mol. The average molecular weight is 366 g/mol. The number of esters is 2. The molecule has 7 heteroatoms. The Balaban J connectivity index is 3.11. The summed E-state index contributed by atoms with van der Waals surface area (Å²) >= 11 is 5.20. The Morgan fingerprint density at radius 2 is 1.48 bits per heavy atom. The maximum atomic E-state index is 12.2. The van der Waals surface area contributed by atoms with Gasteiger partial charge in [0.2, 0.25) is 0 Å². The number of ether oxygens (including phenoxy) is 2. The molecule has 0 saturated carbocycles. The Morgan fingerprint density at radius 3 is 1.88 bits per heavy atom. The lowest BCUT2D eigenvalue weighted by Crippen LogP contribution is -2.29. The number of nitrogens with one attached hydrogen (secondary N) is 2. The number of thiocarbonyl (C=S) groups is 1. The van der Waals surface area contributed by atoms with Gasteiger partial charge in [0, 0.05) is 12.2 Å². The maximum Gasteiger partial charge on any atom is 0.338 e. The molecule has 0 spiro atoms. The van der Waals surface area contributed by atoms with Crippen LogP contribution in [0, 0.1) is 0 Å². The number of hydrogen-bond acceptors (Lipinski definition) is 5. The summed E-state index contributed by atoms with van der Waals surface area (Å²) in [7, 11) is 0. The molecule has 0 unspecified atom stereocenters. The molecule has 1 aromatic carbocycles. The first kappa shape index (κ1) is 20.9. The summed E-state index contributed by atoms with van der Waals surface area (Å²) in [6.07, 6.45) is 0.402. The molecule has 0 radical (unpaired) electrons. The first-order chi connectivity index (χ1) is 11.7. The van der Waals surface area contributed by atoms with Gasteiger partial charge < -0.3 is 20.1 Å². The molecule has 6 nitrogen and oxygen atoms in total. The molecule has 1 aromatic rings. The monoisotopic (exact) mass is 366 g/mol. The van der Waals surface area contributed by atoms with Crippen molar-refractivity contribution in [1.29, 1.82) is 0 Å². The molecule has 0 aliphatic rings. The molecule has 25 heavy (non-hydrogen) atoms. The van der Waals surface area contributed by atoms with E-state index in [1.807, 2.05) is 6.92 Å². The summed E-state index contributed by atoms with van der Waals surface area (Å²) < 4.78 is 10.4. The van der Waals surface area contributed by atoms with E-state index in [4.69, 9.17) is 21.7 Å². The number of hydrogen-bond donors (Lipinski definition) is 2. The zero-order chi connectivity index (χ0) is 19.0. The van der Waals surface area contributed by atoms with E-state index in [9.17, 15) is 9.59 Å². The van der Waals surface area contributed by atoms with E-state index in [0.29, 0.717) is 10.8 Å². The lowest BCUT2D eigenvalue weighted by atomic mass is 10.1. The second-order valence-electron chi connectivity index (χ2n) is 6.09. The lowest BCUT2D eigenvalue weighted by molar-refractivity contribution is 0.0378. The van der Waals surface area contributed by atoms with Crippen molar-refractivity contribution in [2.24, 2.45) is 0 Å². The SMILES string of the molecule is CCCNC(=S)Nc1cc(C(=O)OC(C)C)cc(C(=O)OC(C)C)c1. The molecule has 0 atom stereocenters. The topological polar surface area (TPSA) is 76.7 Å². The zero-order valence-corrected chi connectivity index (χ0v) is 16.2. The second kappa shape index (κ2) is 9.98. The van der Waals surface area contributed by atoms with Gasteiger partial charge in [-0.3, -0.25) is 0 Å². The third-order valence-corrected chi connectivity index (χ3v) is 3.13. The summed E-state index contributed by atoms with van der Waals surface area (Å²) in [5.41, 5.74) is 1.03. The lowest BCUT2D eigenvalue weighted by Gasteiger charge is -2.14. The fourth-order valence-electron chi connectivity index (χ4n) is 1.91. The molecular weight excluding hydrogens is 340 g/mol. The minimum absolute atomic E-state index is 0.257. The van der Waals surface area contributed by atoms with Crippen LogP contribution in [0.5, 0.6) is 0 Å². The van der Waals surface area contributed by atoms with Gasteiger partial charge in [-0.1, -0.05) is 6.92 Å². The Bertz CT molecular complexity index is 589. The van der Waals surface area contributed by atoms with E-state index >= 15 is 0 Å². The summed E-state index contributed by atoms with van der Waals surface area (Å²) in [4.78, 5) is 24.4. The van der Waals surface area contributed by atoms with E-state index in [2.05, 4.69) is 10.6 Å². The van der Waals surface area contributed by atoms with Crippen LogP contribution in [-0.4, -0.2) is 35.8 Å².